The van der Waals surface area contributed by atoms with Crippen LogP contribution < -0.4 is 27.4 Å². The lowest BCUT2D eigenvalue weighted by atomic mass is 9.99. The Kier molecular flexibility index (Phi) is 17.1. The highest BCUT2D eigenvalue weighted by Gasteiger charge is 2.40. The smallest absolute Gasteiger partial charge is 0.407 e. The van der Waals surface area contributed by atoms with Gasteiger partial charge >= 0.3 is 12.1 Å². The third-order valence-corrected chi connectivity index (χ3v) is 9.42. The van der Waals surface area contributed by atoms with Crippen molar-refractivity contribution in [2.75, 3.05) is 26.2 Å². The molecule has 266 valence electrons. The maximum Gasteiger partial charge on any atom is 0.407 e. The number of ketones is 1. The summed E-state index contributed by atoms with van der Waals surface area (Å²) in [5, 5.41) is 17.5. The SMILES string of the molecule is C=CCOC(=O)NCCCC[C@H](NC(=O)CCCCN=C(N)N)C(=O)CC[C@H](NC(=O)[C@@H]1CCCN1S(=O)(=O)c1ccccc1)C(=O)O. The quantitative estimate of drug-likeness (QED) is 0.0428. The van der Waals surface area contributed by atoms with Gasteiger partial charge in [-0.1, -0.05) is 30.9 Å². The normalized spacial score (nSPS) is 15.8. The molecule has 0 spiro atoms. The number of rotatable bonds is 22. The standard InChI is InChI=1S/C31H47N7O9S/c1-2-21-47-31(44)35-19-8-6-13-23(36-27(40)15-7-9-18-34-30(32)33)26(39)17-16-24(29(42)43)37-28(41)25-14-10-20-38(25)48(45,46)22-11-4-3-5-12-22/h2-5,11-12,23-25H,1,6-10,13-21H2,(H,35,44)(H,36,40)(H,37,41)(H,42,43)(H4,32,33,34)/t23-,24-,25-/m0/s1. The fourth-order valence-electron chi connectivity index (χ4n) is 5.04. The Hall–Kier alpha value is -4.51. The van der Waals surface area contributed by atoms with Crippen LogP contribution in [-0.4, -0.2) is 97.8 Å². The molecular weight excluding hydrogens is 646 g/mol. The summed E-state index contributed by atoms with van der Waals surface area (Å²) in [7, 11) is -3.99. The Morgan fingerprint density at radius 3 is 2.42 bits per heavy atom. The molecule has 1 fully saturated rings. The number of nitrogens with one attached hydrogen (secondary N) is 3. The number of amides is 3. The molecule has 0 unspecified atom stereocenters. The van der Waals surface area contributed by atoms with Gasteiger partial charge in [0, 0.05) is 32.5 Å². The molecule has 16 nitrogen and oxygen atoms in total. The minimum atomic E-state index is -3.99. The van der Waals surface area contributed by atoms with Crippen molar-refractivity contribution in [3.63, 3.8) is 0 Å². The molecule has 2 rings (SSSR count). The number of guanidine groups is 1. The van der Waals surface area contributed by atoms with Crippen molar-refractivity contribution in [2.45, 2.75) is 87.2 Å². The van der Waals surface area contributed by atoms with Gasteiger partial charge in [-0.2, -0.15) is 4.31 Å². The van der Waals surface area contributed by atoms with Gasteiger partial charge in [-0.25, -0.2) is 18.0 Å². The van der Waals surface area contributed by atoms with Gasteiger partial charge in [-0.15, -0.1) is 0 Å². The van der Waals surface area contributed by atoms with Crippen LogP contribution in [0.25, 0.3) is 0 Å². The molecule has 0 bridgehead atoms. The van der Waals surface area contributed by atoms with Crippen molar-refractivity contribution in [1.82, 2.24) is 20.3 Å². The molecule has 8 N–H and O–H groups in total. The van der Waals surface area contributed by atoms with E-state index in [-0.39, 0.29) is 68.6 Å². The number of ether oxygens (including phenoxy) is 1. The molecule has 1 saturated heterocycles. The summed E-state index contributed by atoms with van der Waals surface area (Å²) in [6.07, 6.45) is 3.14. The number of hydrogen-bond donors (Lipinski definition) is 6. The average molecular weight is 694 g/mol. The average Bonchev–Trinajstić information content (AvgIpc) is 3.56. The first-order valence-corrected chi connectivity index (χ1v) is 17.3. The highest BCUT2D eigenvalue weighted by Crippen LogP contribution is 2.26. The first kappa shape index (κ1) is 39.7. The zero-order valence-electron chi connectivity index (χ0n) is 27.0. The summed E-state index contributed by atoms with van der Waals surface area (Å²) in [6.45, 7) is 4.24. The number of hydrogen-bond acceptors (Lipinski definition) is 9. The highest BCUT2D eigenvalue weighted by atomic mass is 32.2. The number of carbonyl (C=O) groups is 5. The second kappa shape index (κ2) is 20.7. The molecule has 17 heteroatoms. The molecule has 1 aliphatic rings. The Morgan fingerprint density at radius 2 is 1.75 bits per heavy atom. The number of Topliss-reactive ketones (excluding diaryl/α,β-unsaturated/α-hetero) is 1. The Labute approximate surface area is 280 Å². The third kappa shape index (κ3) is 13.7. The largest absolute Gasteiger partial charge is 0.480 e. The maximum atomic E-state index is 13.3. The maximum absolute atomic E-state index is 13.3. The number of aliphatic carboxylic acids is 1. The number of carboxylic acid groups (broad SMARTS) is 1. The highest BCUT2D eigenvalue weighted by molar-refractivity contribution is 7.89. The predicted octanol–water partition coefficient (Wildman–Crippen LogP) is 0.769. The molecule has 48 heavy (non-hydrogen) atoms. The first-order chi connectivity index (χ1) is 22.9. The Bertz CT molecular complexity index is 1390. The summed E-state index contributed by atoms with van der Waals surface area (Å²) in [4.78, 5) is 66.7. The summed E-state index contributed by atoms with van der Waals surface area (Å²) in [5.74, 6) is -3.02. The molecule has 0 saturated carbocycles. The summed E-state index contributed by atoms with van der Waals surface area (Å²) in [6, 6.07) is 4.14. The molecular formula is C31H47N7O9S. The van der Waals surface area contributed by atoms with Gasteiger partial charge in [0.15, 0.2) is 11.7 Å². The predicted molar refractivity (Wildman–Crippen MR) is 177 cm³/mol. The van der Waals surface area contributed by atoms with Crippen LogP contribution in [-0.2, 0) is 33.9 Å². The number of carboxylic acids is 1. The van der Waals surface area contributed by atoms with E-state index in [9.17, 15) is 37.5 Å². The molecule has 3 amide bonds. The lowest BCUT2D eigenvalue weighted by Crippen LogP contribution is -2.51. The van der Waals surface area contributed by atoms with E-state index in [0.717, 1.165) is 4.31 Å². The monoisotopic (exact) mass is 693 g/mol. The van der Waals surface area contributed by atoms with Crippen LogP contribution in [0, 0.1) is 0 Å². The third-order valence-electron chi connectivity index (χ3n) is 7.50. The fraction of sp³-hybridized carbons (Fsp3) is 0.548. The van der Waals surface area contributed by atoms with E-state index in [1.54, 1.807) is 18.2 Å². The van der Waals surface area contributed by atoms with Gasteiger partial charge in [-0.05, 0) is 63.5 Å². The van der Waals surface area contributed by atoms with Crippen LogP contribution >= 0.6 is 0 Å². The van der Waals surface area contributed by atoms with Crippen LogP contribution in [0.1, 0.15) is 64.2 Å². The van der Waals surface area contributed by atoms with Crippen LogP contribution in [0.5, 0.6) is 0 Å². The van der Waals surface area contributed by atoms with E-state index in [1.807, 2.05) is 0 Å². The first-order valence-electron chi connectivity index (χ1n) is 15.9. The zero-order valence-corrected chi connectivity index (χ0v) is 27.8. The minimum absolute atomic E-state index is 0.0235. The number of unbranched alkanes of at least 4 members (excludes halogenated alkanes) is 2. The molecule has 0 aromatic heterocycles. The molecule has 3 atom stereocenters. The zero-order chi connectivity index (χ0) is 35.5. The van der Waals surface area contributed by atoms with Crippen LogP contribution in [0.3, 0.4) is 0 Å². The second-order valence-electron chi connectivity index (χ2n) is 11.2. The van der Waals surface area contributed by atoms with Crippen LogP contribution in [0.4, 0.5) is 4.79 Å². The van der Waals surface area contributed by atoms with Crippen molar-refractivity contribution >= 4 is 45.6 Å². The Morgan fingerprint density at radius 1 is 1.02 bits per heavy atom. The van der Waals surface area contributed by atoms with Gasteiger partial charge in [0.05, 0.1) is 10.9 Å². The molecule has 0 aliphatic carbocycles. The van der Waals surface area contributed by atoms with Gasteiger partial charge in [-0.3, -0.25) is 19.4 Å². The number of sulfonamides is 1. The number of alkyl carbamates (subject to hydrolysis) is 1. The van der Waals surface area contributed by atoms with Gasteiger partial charge < -0.3 is 37.3 Å². The van der Waals surface area contributed by atoms with Crippen molar-refractivity contribution in [2.24, 2.45) is 16.5 Å². The summed E-state index contributed by atoms with van der Waals surface area (Å²) < 4.78 is 32.3. The number of aliphatic imine (C=N–C) groups is 1. The van der Waals surface area contributed by atoms with Gasteiger partial charge in [0.1, 0.15) is 18.7 Å². The van der Waals surface area contributed by atoms with E-state index < -0.39 is 51.9 Å². The van der Waals surface area contributed by atoms with Crippen molar-refractivity contribution in [1.29, 1.82) is 0 Å². The molecule has 1 aromatic rings. The van der Waals surface area contributed by atoms with Crippen molar-refractivity contribution in [3.05, 3.63) is 43.0 Å². The van der Waals surface area contributed by atoms with Gasteiger partial charge in [0.25, 0.3) is 0 Å². The molecule has 1 aliphatic heterocycles. The number of carbonyl (C=O) groups excluding carboxylic acids is 4. The van der Waals surface area contributed by atoms with Crippen molar-refractivity contribution in [3.8, 4) is 0 Å². The number of nitrogens with two attached hydrogens (primary N) is 2. The lowest BCUT2D eigenvalue weighted by Gasteiger charge is -2.25. The molecule has 0 radical (unpaired) electrons. The van der Waals surface area contributed by atoms with E-state index in [1.165, 1.54) is 18.2 Å². The van der Waals surface area contributed by atoms with E-state index in [2.05, 4.69) is 27.5 Å². The molecule has 1 aromatic carbocycles. The van der Waals surface area contributed by atoms with E-state index >= 15 is 0 Å². The number of benzene rings is 1. The summed E-state index contributed by atoms with van der Waals surface area (Å²) >= 11 is 0. The second-order valence-corrected chi connectivity index (χ2v) is 13.1. The summed E-state index contributed by atoms with van der Waals surface area (Å²) in [5.41, 5.74) is 10.6. The van der Waals surface area contributed by atoms with E-state index in [4.69, 9.17) is 16.2 Å². The Balaban J connectivity index is 2.00. The van der Waals surface area contributed by atoms with Crippen LogP contribution in [0.2, 0.25) is 0 Å². The van der Waals surface area contributed by atoms with E-state index in [0.29, 0.717) is 38.6 Å². The molecule has 1 heterocycles. The lowest BCUT2D eigenvalue weighted by molar-refractivity contribution is -0.142. The minimum Gasteiger partial charge on any atom is -0.480 e. The number of nitrogens with zero attached hydrogens (tertiary/aromatic N) is 2. The van der Waals surface area contributed by atoms with Crippen molar-refractivity contribution < 1.29 is 42.2 Å². The fourth-order valence-corrected chi connectivity index (χ4v) is 6.72. The van der Waals surface area contributed by atoms with Crippen LogP contribution in [0.15, 0.2) is 52.9 Å². The topological polar surface area (TPSA) is 253 Å². The van der Waals surface area contributed by atoms with Gasteiger partial charge in [0.2, 0.25) is 21.8 Å².